The number of amides is 1. The number of likely N-dealkylation sites (N-methyl/N-ethyl adjacent to an activating group) is 1. The normalized spacial score (nSPS) is 18.4. The molecule has 0 spiro atoms. The number of nitrogens with zero attached hydrogens (tertiary/aromatic N) is 2. The average molecular weight is 242 g/mol. The summed E-state index contributed by atoms with van der Waals surface area (Å²) in [4.78, 5) is 14.9. The van der Waals surface area contributed by atoms with E-state index < -0.39 is 0 Å². The Morgan fingerprint density at radius 1 is 1.28 bits per heavy atom. The highest BCUT2D eigenvalue weighted by Gasteiger charge is 2.23. The zero-order chi connectivity index (χ0) is 13.0. The van der Waals surface area contributed by atoms with E-state index in [1.807, 2.05) is 44.6 Å². The first kappa shape index (κ1) is 12.4. The van der Waals surface area contributed by atoms with E-state index in [1.165, 1.54) is 5.56 Å². The Balaban J connectivity index is 2.24. The lowest BCUT2D eigenvalue weighted by molar-refractivity contribution is -0.117. The van der Waals surface area contributed by atoms with E-state index in [2.05, 4.69) is 23.1 Å². The van der Waals surface area contributed by atoms with Gasteiger partial charge < -0.3 is 9.80 Å². The van der Waals surface area contributed by atoms with Crippen molar-refractivity contribution in [3.8, 4) is 0 Å². The van der Waals surface area contributed by atoms with Gasteiger partial charge in [-0.25, -0.2) is 0 Å². The summed E-state index contributed by atoms with van der Waals surface area (Å²) < 4.78 is 0. The molecule has 0 bridgehead atoms. The molecule has 0 aromatic heterocycles. The maximum Gasteiger partial charge on any atom is 0.214 e. The van der Waals surface area contributed by atoms with Crippen LogP contribution < -0.4 is 0 Å². The zero-order valence-electron chi connectivity index (χ0n) is 10.8. The predicted octanol–water partition coefficient (Wildman–Crippen LogP) is 2.03. The van der Waals surface area contributed by atoms with E-state index in [0.29, 0.717) is 0 Å². The van der Waals surface area contributed by atoms with Gasteiger partial charge in [0, 0.05) is 26.0 Å². The predicted molar refractivity (Wildman–Crippen MR) is 72.7 cm³/mol. The fourth-order valence-electron chi connectivity index (χ4n) is 2.21. The highest BCUT2D eigenvalue weighted by molar-refractivity contribution is 5.53. The van der Waals surface area contributed by atoms with Crippen LogP contribution in [0.1, 0.15) is 5.56 Å². The molecule has 0 saturated carbocycles. The Bertz CT molecular complexity index is 463. The standard InChI is InChI=1S/C15H18N2O/c1-16(2)14-9-6-10-17(12-18)15(14)11-13-7-4-3-5-8-13/h3-10,12,15H,11H2,1-2H3. The molecule has 3 heteroatoms. The molecule has 18 heavy (non-hydrogen) atoms. The van der Waals surface area contributed by atoms with Crippen LogP contribution >= 0.6 is 0 Å². The molecule has 2 rings (SSSR count). The third-order valence-electron chi connectivity index (χ3n) is 3.14. The van der Waals surface area contributed by atoms with Crippen molar-refractivity contribution in [2.24, 2.45) is 0 Å². The van der Waals surface area contributed by atoms with Crippen LogP contribution in [-0.4, -0.2) is 36.3 Å². The minimum atomic E-state index is 0.0740. The number of benzene rings is 1. The van der Waals surface area contributed by atoms with Crippen LogP contribution in [0.15, 0.2) is 54.4 Å². The van der Waals surface area contributed by atoms with Gasteiger partial charge in [-0.2, -0.15) is 0 Å². The first-order chi connectivity index (χ1) is 8.72. The van der Waals surface area contributed by atoms with Gasteiger partial charge in [-0.3, -0.25) is 4.79 Å². The summed E-state index contributed by atoms with van der Waals surface area (Å²) in [5, 5.41) is 0. The third kappa shape index (κ3) is 2.62. The zero-order valence-corrected chi connectivity index (χ0v) is 10.8. The van der Waals surface area contributed by atoms with Crippen molar-refractivity contribution in [1.29, 1.82) is 0 Å². The van der Waals surface area contributed by atoms with E-state index in [-0.39, 0.29) is 6.04 Å². The van der Waals surface area contributed by atoms with Gasteiger partial charge in [-0.1, -0.05) is 30.3 Å². The summed E-state index contributed by atoms with van der Waals surface area (Å²) in [6.45, 7) is 0. The highest BCUT2D eigenvalue weighted by Crippen LogP contribution is 2.21. The molecule has 94 valence electrons. The fourth-order valence-corrected chi connectivity index (χ4v) is 2.21. The summed E-state index contributed by atoms with van der Waals surface area (Å²) in [5.41, 5.74) is 2.38. The van der Waals surface area contributed by atoms with Gasteiger partial charge in [0.1, 0.15) is 0 Å². The summed E-state index contributed by atoms with van der Waals surface area (Å²) in [6, 6.07) is 10.3. The Hall–Kier alpha value is -2.03. The first-order valence-electron chi connectivity index (χ1n) is 6.04. The van der Waals surface area contributed by atoms with Crippen molar-refractivity contribution < 1.29 is 4.79 Å². The maximum atomic E-state index is 11.2. The topological polar surface area (TPSA) is 23.6 Å². The second-order valence-corrected chi connectivity index (χ2v) is 4.59. The van der Waals surface area contributed by atoms with E-state index in [9.17, 15) is 4.79 Å². The van der Waals surface area contributed by atoms with Gasteiger partial charge in [0.2, 0.25) is 6.41 Å². The number of carbonyl (C=O) groups excluding carboxylic acids is 1. The monoisotopic (exact) mass is 242 g/mol. The molecule has 1 atom stereocenters. The molecule has 3 nitrogen and oxygen atoms in total. The minimum absolute atomic E-state index is 0.0740. The summed E-state index contributed by atoms with van der Waals surface area (Å²) >= 11 is 0. The van der Waals surface area contributed by atoms with Crippen molar-refractivity contribution in [2.45, 2.75) is 12.5 Å². The lowest BCUT2D eigenvalue weighted by atomic mass is 10.00. The van der Waals surface area contributed by atoms with E-state index in [0.717, 1.165) is 18.5 Å². The average Bonchev–Trinajstić information content (AvgIpc) is 2.40. The molecule has 0 aliphatic carbocycles. The van der Waals surface area contributed by atoms with E-state index in [1.54, 1.807) is 4.90 Å². The van der Waals surface area contributed by atoms with Crippen molar-refractivity contribution in [3.05, 3.63) is 59.9 Å². The molecule has 1 aliphatic heterocycles. The first-order valence-corrected chi connectivity index (χ1v) is 6.04. The largest absolute Gasteiger partial charge is 0.379 e. The Kier molecular flexibility index (Phi) is 3.82. The van der Waals surface area contributed by atoms with Crippen LogP contribution in [-0.2, 0) is 11.2 Å². The quantitative estimate of drug-likeness (QED) is 0.754. The number of rotatable bonds is 4. The van der Waals surface area contributed by atoms with Crippen LogP contribution in [0.2, 0.25) is 0 Å². The number of hydrogen-bond acceptors (Lipinski definition) is 2. The highest BCUT2D eigenvalue weighted by atomic mass is 16.1. The molecule has 0 radical (unpaired) electrons. The summed E-state index contributed by atoms with van der Waals surface area (Å²) in [7, 11) is 4.01. The third-order valence-corrected chi connectivity index (χ3v) is 3.14. The Labute approximate surface area is 108 Å². The summed E-state index contributed by atoms with van der Waals surface area (Å²) in [5.74, 6) is 0. The van der Waals surface area contributed by atoms with Gasteiger partial charge in [0.05, 0.1) is 6.04 Å². The fraction of sp³-hybridized carbons (Fsp3) is 0.267. The minimum Gasteiger partial charge on any atom is -0.379 e. The van der Waals surface area contributed by atoms with Crippen molar-refractivity contribution >= 4 is 6.41 Å². The number of hydrogen-bond donors (Lipinski definition) is 0. The Morgan fingerprint density at radius 3 is 2.61 bits per heavy atom. The molecular weight excluding hydrogens is 224 g/mol. The second kappa shape index (κ2) is 5.54. The Morgan fingerprint density at radius 2 is 2.00 bits per heavy atom. The molecular formula is C15H18N2O. The van der Waals surface area contributed by atoms with Crippen LogP contribution in [0.25, 0.3) is 0 Å². The lowest BCUT2D eigenvalue weighted by Crippen LogP contribution is -2.39. The molecule has 1 aromatic carbocycles. The van der Waals surface area contributed by atoms with Crippen LogP contribution in [0.5, 0.6) is 0 Å². The van der Waals surface area contributed by atoms with Crippen LogP contribution in [0.3, 0.4) is 0 Å². The summed E-state index contributed by atoms with van der Waals surface area (Å²) in [6.07, 6.45) is 7.51. The molecule has 1 amide bonds. The molecule has 1 unspecified atom stereocenters. The van der Waals surface area contributed by atoms with Gasteiger partial charge >= 0.3 is 0 Å². The van der Waals surface area contributed by atoms with Gasteiger partial charge in [0.25, 0.3) is 0 Å². The SMILES string of the molecule is CN(C)C1=CC=CN(C=O)C1Cc1ccccc1. The van der Waals surface area contributed by atoms with Gasteiger partial charge in [-0.05, 0) is 24.1 Å². The smallest absolute Gasteiger partial charge is 0.214 e. The second-order valence-electron chi connectivity index (χ2n) is 4.59. The number of carbonyl (C=O) groups is 1. The molecule has 0 saturated heterocycles. The van der Waals surface area contributed by atoms with Crippen LogP contribution in [0.4, 0.5) is 0 Å². The van der Waals surface area contributed by atoms with E-state index in [4.69, 9.17) is 0 Å². The lowest BCUT2D eigenvalue weighted by Gasteiger charge is -2.34. The molecule has 0 fully saturated rings. The molecule has 1 aliphatic rings. The van der Waals surface area contributed by atoms with Gasteiger partial charge in [0.15, 0.2) is 0 Å². The van der Waals surface area contributed by atoms with Crippen LogP contribution in [0, 0.1) is 0 Å². The van der Waals surface area contributed by atoms with Crippen molar-refractivity contribution in [1.82, 2.24) is 9.80 Å². The maximum absolute atomic E-state index is 11.2. The number of allylic oxidation sites excluding steroid dienone is 2. The van der Waals surface area contributed by atoms with Crippen molar-refractivity contribution in [2.75, 3.05) is 14.1 Å². The van der Waals surface area contributed by atoms with E-state index >= 15 is 0 Å². The molecule has 0 N–H and O–H groups in total. The van der Waals surface area contributed by atoms with Gasteiger partial charge in [-0.15, -0.1) is 0 Å². The molecule has 1 aromatic rings. The van der Waals surface area contributed by atoms with Crippen molar-refractivity contribution in [3.63, 3.8) is 0 Å². The molecule has 1 heterocycles.